The lowest BCUT2D eigenvalue weighted by atomic mass is 10.2. The van der Waals surface area contributed by atoms with Gasteiger partial charge < -0.3 is 23.1 Å². The van der Waals surface area contributed by atoms with Gasteiger partial charge in [0.05, 0.1) is 11.2 Å². The van der Waals surface area contributed by atoms with Crippen molar-refractivity contribution in [2.24, 2.45) is 0 Å². The molecule has 0 aliphatic heterocycles. The van der Waals surface area contributed by atoms with Gasteiger partial charge in [-0.15, -0.1) is 0 Å². The van der Waals surface area contributed by atoms with Gasteiger partial charge >= 0.3 is 14.8 Å². The molecule has 0 saturated carbocycles. The summed E-state index contributed by atoms with van der Waals surface area (Å²) in [5.74, 6) is -3.10. The van der Waals surface area contributed by atoms with Gasteiger partial charge in [-0.3, -0.25) is 9.59 Å². The van der Waals surface area contributed by atoms with E-state index >= 15 is 0 Å². The maximum absolute atomic E-state index is 11.7. The van der Waals surface area contributed by atoms with E-state index in [1.54, 1.807) is 41.5 Å². The predicted octanol–water partition coefficient (Wildman–Crippen LogP) is 1.67. The molecule has 134 valence electrons. The zero-order chi connectivity index (χ0) is 18.6. The number of hydrogen-bond donors (Lipinski definition) is 1. The zero-order valence-electron chi connectivity index (χ0n) is 14.9. The van der Waals surface area contributed by atoms with E-state index in [0.717, 1.165) is 13.8 Å². The van der Waals surface area contributed by atoms with Crippen LogP contribution in [-0.2, 0) is 32.4 Å². The van der Waals surface area contributed by atoms with Crippen molar-refractivity contribution in [3.8, 4) is 0 Å². The summed E-state index contributed by atoms with van der Waals surface area (Å²) in [5.41, 5.74) is -3.58. The van der Waals surface area contributed by atoms with E-state index in [-0.39, 0.29) is 0 Å². The van der Waals surface area contributed by atoms with Crippen molar-refractivity contribution in [3.63, 3.8) is 0 Å². The Bertz CT molecular complexity index is 444. The van der Waals surface area contributed by atoms with Crippen LogP contribution in [0.25, 0.3) is 0 Å². The van der Waals surface area contributed by atoms with Gasteiger partial charge in [0.2, 0.25) is 5.73 Å². The van der Waals surface area contributed by atoms with Crippen LogP contribution in [0, 0.1) is 0 Å². The molecule has 0 aromatic rings. The highest BCUT2D eigenvalue weighted by atomic mass is 28.4. The highest BCUT2D eigenvalue weighted by Crippen LogP contribution is 2.28. The Kier molecular flexibility index (Phi) is 6.94. The average molecular weight is 350 g/mol. The van der Waals surface area contributed by atoms with Crippen LogP contribution < -0.4 is 0 Å². The van der Waals surface area contributed by atoms with Gasteiger partial charge in [0, 0.05) is 13.8 Å². The number of aliphatic carboxylic acids is 1. The Morgan fingerprint density at radius 3 is 1.48 bits per heavy atom. The van der Waals surface area contributed by atoms with E-state index in [1.807, 2.05) is 0 Å². The Morgan fingerprint density at radius 2 is 1.26 bits per heavy atom. The number of carboxylic acid groups (broad SMARTS) is 1. The molecule has 1 atom stereocenters. The van der Waals surface area contributed by atoms with Crippen LogP contribution in [0.2, 0.25) is 0 Å². The summed E-state index contributed by atoms with van der Waals surface area (Å²) in [7, 11) is -4.38. The molecule has 9 heteroatoms. The Hall–Kier alpha value is -1.45. The number of hydrogen-bond acceptors (Lipinski definition) is 7. The minimum atomic E-state index is -4.38. The van der Waals surface area contributed by atoms with Crippen molar-refractivity contribution < 1.29 is 37.5 Å². The molecule has 1 unspecified atom stereocenters. The van der Waals surface area contributed by atoms with E-state index in [4.69, 9.17) is 18.0 Å². The zero-order valence-corrected chi connectivity index (χ0v) is 15.9. The molecule has 0 aliphatic rings. The monoisotopic (exact) mass is 350 g/mol. The van der Waals surface area contributed by atoms with Crippen LogP contribution in [0.15, 0.2) is 0 Å². The van der Waals surface area contributed by atoms with Crippen molar-refractivity contribution >= 4 is 26.7 Å². The van der Waals surface area contributed by atoms with Gasteiger partial charge in [0.1, 0.15) is 0 Å². The maximum Gasteiger partial charge on any atom is 0.679 e. The molecule has 0 saturated heterocycles. The van der Waals surface area contributed by atoms with Crippen molar-refractivity contribution in [2.75, 3.05) is 0 Å². The summed E-state index contributed by atoms with van der Waals surface area (Å²) in [6.45, 7) is 11.9. The fourth-order valence-corrected chi connectivity index (χ4v) is 4.58. The normalized spacial score (nSPS) is 14.1. The van der Waals surface area contributed by atoms with Crippen LogP contribution in [0.4, 0.5) is 0 Å². The molecular weight excluding hydrogens is 324 g/mol. The predicted molar refractivity (Wildman–Crippen MR) is 82.4 cm³/mol. The highest BCUT2D eigenvalue weighted by Gasteiger charge is 2.64. The largest absolute Gasteiger partial charge is 0.679 e. The lowest BCUT2D eigenvalue weighted by molar-refractivity contribution is -0.166. The quantitative estimate of drug-likeness (QED) is 0.721. The van der Waals surface area contributed by atoms with Crippen LogP contribution in [0.5, 0.6) is 0 Å². The summed E-state index contributed by atoms with van der Waals surface area (Å²) >= 11 is 0. The summed E-state index contributed by atoms with van der Waals surface area (Å²) in [6.07, 6.45) is 0. The van der Waals surface area contributed by atoms with E-state index in [0.29, 0.717) is 0 Å². The summed E-state index contributed by atoms with van der Waals surface area (Å²) in [6, 6.07) is 0. The first kappa shape index (κ1) is 21.5. The third-order valence-electron chi connectivity index (χ3n) is 2.04. The topological polar surface area (TPSA) is 108 Å². The van der Waals surface area contributed by atoms with E-state index in [9.17, 15) is 19.5 Å². The number of carboxylic acids is 1. The Morgan fingerprint density at radius 1 is 0.870 bits per heavy atom. The van der Waals surface area contributed by atoms with E-state index in [1.165, 1.54) is 0 Å². The molecule has 0 bridgehead atoms. The number of carbonyl (C=O) groups is 3. The van der Waals surface area contributed by atoms with Gasteiger partial charge in [-0.1, -0.05) is 0 Å². The second-order valence-corrected chi connectivity index (χ2v) is 9.30. The first-order valence-corrected chi connectivity index (χ1v) is 8.88. The molecule has 0 radical (unpaired) electrons. The standard InChI is InChI=1S/C14H26O8Si/c1-9(15)20-23(21-10(2)16,22-14(6,7)8)12(11(17)18)19-13(3,4)5/h12H,1-8H3,(H,17,18). The molecule has 0 amide bonds. The van der Waals surface area contributed by atoms with Crippen LogP contribution >= 0.6 is 0 Å². The molecule has 23 heavy (non-hydrogen) atoms. The molecule has 0 aromatic carbocycles. The first-order valence-electron chi connectivity index (χ1n) is 7.08. The van der Waals surface area contributed by atoms with Crippen molar-refractivity contribution in [3.05, 3.63) is 0 Å². The smallest absolute Gasteiger partial charge is 0.479 e. The van der Waals surface area contributed by atoms with E-state index in [2.05, 4.69) is 0 Å². The lowest BCUT2D eigenvalue weighted by Gasteiger charge is -2.38. The van der Waals surface area contributed by atoms with Crippen LogP contribution in [-0.4, -0.2) is 48.7 Å². The van der Waals surface area contributed by atoms with Gasteiger partial charge in [-0.25, -0.2) is 4.79 Å². The SMILES string of the molecule is CC(=O)O[Si](OC(C)=O)(OC(C)(C)C)C(OC(C)(C)C)C(=O)O. The minimum Gasteiger partial charge on any atom is -0.479 e. The number of rotatable bonds is 6. The maximum atomic E-state index is 11.7. The minimum absolute atomic E-state index is 0.828. The molecule has 0 heterocycles. The van der Waals surface area contributed by atoms with Gasteiger partial charge in [-0.2, -0.15) is 0 Å². The molecule has 0 rings (SSSR count). The molecule has 8 nitrogen and oxygen atoms in total. The fraction of sp³-hybridized carbons (Fsp3) is 0.786. The van der Waals surface area contributed by atoms with Crippen molar-refractivity contribution in [2.45, 2.75) is 72.3 Å². The van der Waals surface area contributed by atoms with Crippen LogP contribution in [0.3, 0.4) is 0 Å². The molecule has 0 aromatic heterocycles. The van der Waals surface area contributed by atoms with Gasteiger partial charge in [-0.05, 0) is 41.5 Å². The summed E-state index contributed by atoms with van der Waals surface area (Å²) < 4.78 is 21.4. The molecule has 0 fully saturated rings. The Labute approximate surface area is 137 Å². The molecular formula is C14H26O8Si. The molecule has 1 N–H and O–H groups in total. The molecule has 0 spiro atoms. The van der Waals surface area contributed by atoms with Crippen molar-refractivity contribution in [1.29, 1.82) is 0 Å². The number of ether oxygens (including phenoxy) is 1. The third-order valence-corrected chi connectivity index (χ3v) is 5.09. The average Bonchev–Trinajstić information content (AvgIpc) is 2.19. The number of carbonyl (C=O) groups excluding carboxylic acids is 2. The first-order chi connectivity index (χ1) is 10.1. The van der Waals surface area contributed by atoms with Gasteiger partial charge in [0.25, 0.3) is 11.9 Å². The summed E-state index contributed by atoms with van der Waals surface area (Å²) in [4.78, 5) is 34.7. The second-order valence-electron chi connectivity index (χ2n) is 6.95. The summed E-state index contributed by atoms with van der Waals surface area (Å²) in [5, 5.41) is 9.54. The van der Waals surface area contributed by atoms with Crippen LogP contribution in [0.1, 0.15) is 55.4 Å². The van der Waals surface area contributed by atoms with Crippen molar-refractivity contribution in [1.82, 2.24) is 0 Å². The molecule has 0 aliphatic carbocycles. The Balaban J connectivity index is 6.12. The third kappa shape index (κ3) is 8.10. The second kappa shape index (κ2) is 7.41. The fourth-order valence-electron chi connectivity index (χ4n) is 1.68. The van der Waals surface area contributed by atoms with E-state index < -0.39 is 43.6 Å². The lowest BCUT2D eigenvalue weighted by Crippen LogP contribution is -2.65. The van der Waals surface area contributed by atoms with Gasteiger partial charge in [0.15, 0.2) is 0 Å². The highest BCUT2D eigenvalue weighted by molar-refractivity contribution is 6.68.